The van der Waals surface area contributed by atoms with Crippen LogP contribution in [0.15, 0.2) is 54.6 Å². The molecule has 0 aliphatic rings. The Kier molecular flexibility index (Phi) is 6.68. The van der Waals surface area contributed by atoms with Crippen molar-refractivity contribution in [2.45, 2.75) is 0 Å². The van der Waals surface area contributed by atoms with Crippen molar-refractivity contribution in [1.82, 2.24) is 43.8 Å². The van der Waals surface area contributed by atoms with E-state index in [2.05, 4.69) is 30.6 Å². The molecule has 0 N–H and O–H groups in total. The Balaban J connectivity index is 1.57. The second-order valence-corrected chi connectivity index (χ2v) is 9.69. The molecular formula is C30H27N9O6. The van der Waals surface area contributed by atoms with E-state index in [1.54, 1.807) is 74.1 Å². The van der Waals surface area contributed by atoms with E-state index in [1.165, 1.54) is 0 Å². The van der Waals surface area contributed by atoms with Crippen molar-refractivity contribution in [2.75, 3.05) is 42.7 Å². The van der Waals surface area contributed by atoms with Gasteiger partial charge in [0.15, 0.2) is 52.0 Å². The van der Waals surface area contributed by atoms with Gasteiger partial charge < -0.3 is 28.4 Å². The lowest BCUT2D eigenvalue weighted by Crippen LogP contribution is -2.07. The second-order valence-electron chi connectivity index (χ2n) is 9.69. The number of ether oxygens (including phenoxy) is 6. The highest BCUT2D eigenvalue weighted by atomic mass is 16.5. The average Bonchev–Trinajstić information content (AvgIpc) is 3.84. The summed E-state index contributed by atoms with van der Waals surface area (Å²) in [5.74, 6) is 6.00. The van der Waals surface area contributed by atoms with E-state index in [4.69, 9.17) is 28.4 Å². The minimum absolute atomic E-state index is 0.406. The van der Waals surface area contributed by atoms with Crippen LogP contribution in [0, 0.1) is 0 Å². The Hall–Kier alpha value is -6.12. The minimum Gasteiger partial charge on any atom is -0.493 e. The van der Waals surface area contributed by atoms with E-state index in [0.29, 0.717) is 86.0 Å². The Labute approximate surface area is 255 Å². The summed E-state index contributed by atoms with van der Waals surface area (Å²) in [6, 6.07) is 16.5. The number of fused-ring (bicyclic) bond motifs is 6. The fourth-order valence-electron chi connectivity index (χ4n) is 5.30. The Bertz CT molecular complexity index is 1940. The van der Waals surface area contributed by atoms with E-state index < -0.39 is 0 Å². The smallest absolute Gasteiger partial charge is 0.247 e. The maximum absolute atomic E-state index is 5.57. The number of methoxy groups -OCH3 is 6. The van der Waals surface area contributed by atoms with Gasteiger partial charge in [0.2, 0.25) is 17.3 Å². The zero-order valence-electron chi connectivity index (χ0n) is 25.2. The third-order valence-corrected chi connectivity index (χ3v) is 7.46. The highest BCUT2D eigenvalue weighted by molar-refractivity contribution is 5.73. The molecule has 45 heavy (non-hydrogen) atoms. The quantitative estimate of drug-likeness (QED) is 0.234. The third-order valence-electron chi connectivity index (χ3n) is 7.46. The molecule has 15 nitrogen and oxygen atoms in total. The number of benzene rings is 3. The molecule has 0 amide bonds. The predicted octanol–water partition coefficient (Wildman–Crippen LogP) is 3.87. The van der Waals surface area contributed by atoms with Crippen LogP contribution in [-0.4, -0.2) is 86.5 Å². The summed E-state index contributed by atoms with van der Waals surface area (Å²) in [4.78, 5) is 0. The van der Waals surface area contributed by atoms with Crippen molar-refractivity contribution in [3.8, 4) is 68.7 Å². The molecule has 0 bridgehead atoms. The first-order valence-electron chi connectivity index (χ1n) is 13.6. The number of aromatic nitrogens is 9. The van der Waals surface area contributed by atoms with Crippen LogP contribution < -0.4 is 28.4 Å². The standard InChI is InChI=1S/C30H27N9O6/c1-40-19-10-7-16(13-22(19)43-4)25-31-34-28-37(25)29-35-32-26(17-8-11-20(41-2)23(14-17)44-5)39(29)30-36-33-27(38(28)30)18-9-12-21(42-3)24(15-18)45-6/h7-15H,1-6H3. The molecule has 4 aromatic heterocycles. The first-order valence-corrected chi connectivity index (χ1v) is 13.6. The molecule has 3 aromatic carbocycles. The molecule has 7 rings (SSSR count). The lowest BCUT2D eigenvalue weighted by atomic mass is 10.2. The van der Waals surface area contributed by atoms with E-state index in [1.807, 2.05) is 36.4 Å². The molecular weight excluding hydrogens is 582 g/mol. The van der Waals surface area contributed by atoms with Gasteiger partial charge in [0.1, 0.15) is 0 Å². The fraction of sp³-hybridized carbons (Fsp3) is 0.200. The Morgan fingerprint density at radius 1 is 0.356 bits per heavy atom. The fourth-order valence-corrected chi connectivity index (χ4v) is 5.30. The van der Waals surface area contributed by atoms with Crippen molar-refractivity contribution < 1.29 is 28.4 Å². The Morgan fingerprint density at radius 3 is 0.867 bits per heavy atom. The first kappa shape index (κ1) is 27.7. The van der Waals surface area contributed by atoms with Gasteiger partial charge in [-0.2, -0.15) is 0 Å². The second kappa shape index (κ2) is 10.9. The molecule has 0 radical (unpaired) electrons. The lowest BCUT2D eigenvalue weighted by Gasteiger charge is -2.11. The molecule has 0 atom stereocenters. The number of rotatable bonds is 9. The van der Waals surface area contributed by atoms with Crippen LogP contribution in [-0.2, 0) is 0 Å². The predicted molar refractivity (Wildman–Crippen MR) is 162 cm³/mol. The summed E-state index contributed by atoms with van der Waals surface area (Å²) in [6.07, 6.45) is 0. The van der Waals surface area contributed by atoms with Crippen LogP contribution in [0.25, 0.3) is 51.5 Å². The molecule has 0 unspecified atom stereocenters. The Morgan fingerprint density at radius 2 is 0.622 bits per heavy atom. The summed E-state index contributed by atoms with van der Waals surface area (Å²) >= 11 is 0. The van der Waals surface area contributed by atoms with Gasteiger partial charge in [-0.05, 0) is 54.6 Å². The number of hydrogen-bond donors (Lipinski definition) is 0. The van der Waals surface area contributed by atoms with Gasteiger partial charge >= 0.3 is 0 Å². The van der Waals surface area contributed by atoms with Gasteiger partial charge in [0.05, 0.1) is 42.7 Å². The van der Waals surface area contributed by atoms with Crippen molar-refractivity contribution >= 4 is 17.3 Å². The maximum atomic E-state index is 5.57. The van der Waals surface area contributed by atoms with E-state index in [0.717, 1.165) is 0 Å². The van der Waals surface area contributed by atoms with E-state index in [9.17, 15) is 0 Å². The molecule has 4 heterocycles. The van der Waals surface area contributed by atoms with Gasteiger partial charge in [-0.25, -0.2) is 13.2 Å². The molecule has 228 valence electrons. The van der Waals surface area contributed by atoms with E-state index in [-0.39, 0.29) is 0 Å². The van der Waals surface area contributed by atoms with Crippen molar-refractivity contribution in [3.63, 3.8) is 0 Å². The normalized spacial score (nSPS) is 11.3. The van der Waals surface area contributed by atoms with Gasteiger partial charge in [-0.3, -0.25) is 0 Å². The zero-order chi connectivity index (χ0) is 31.2. The van der Waals surface area contributed by atoms with Crippen molar-refractivity contribution in [3.05, 3.63) is 54.6 Å². The molecule has 0 saturated carbocycles. The van der Waals surface area contributed by atoms with E-state index >= 15 is 0 Å². The van der Waals surface area contributed by atoms with Gasteiger partial charge in [0, 0.05) is 16.7 Å². The van der Waals surface area contributed by atoms with Crippen LogP contribution in [0.3, 0.4) is 0 Å². The molecule has 0 spiro atoms. The van der Waals surface area contributed by atoms with Gasteiger partial charge in [-0.15, -0.1) is 30.6 Å². The van der Waals surface area contributed by atoms with Crippen LogP contribution in [0.4, 0.5) is 0 Å². The molecule has 7 aromatic rings. The summed E-state index contributed by atoms with van der Waals surface area (Å²) in [6.45, 7) is 0. The number of nitrogens with zero attached hydrogens (tertiary/aromatic N) is 9. The number of hydrogen-bond acceptors (Lipinski definition) is 12. The largest absolute Gasteiger partial charge is 0.493 e. The van der Waals surface area contributed by atoms with Crippen LogP contribution in [0.5, 0.6) is 34.5 Å². The minimum atomic E-state index is 0.406. The van der Waals surface area contributed by atoms with Gasteiger partial charge in [0.25, 0.3) is 0 Å². The summed E-state index contributed by atoms with van der Waals surface area (Å²) in [5, 5.41) is 27.5. The molecule has 0 aliphatic carbocycles. The van der Waals surface area contributed by atoms with Crippen LogP contribution >= 0.6 is 0 Å². The molecule has 15 heteroatoms. The zero-order valence-corrected chi connectivity index (χ0v) is 25.2. The monoisotopic (exact) mass is 609 g/mol. The summed E-state index contributed by atoms with van der Waals surface area (Å²) in [7, 11) is 9.47. The lowest BCUT2D eigenvalue weighted by molar-refractivity contribution is 0.355. The van der Waals surface area contributed by atoms with Crippen molar-refractivity contribution in [1.29, 1.82) is 0 Å². The summed E-state index contributed by atoms with van der Waals surface area (Å²) in [5.41, 5.74) is 2.12. The molecule has 0 saturated heterocycles. The van der Waals surface area contributed by atoms with Gasteiger partial charge in [-0.1, -0.05) is 0 Å². The first-order chi connectivity index (χ1) is 22.0. The SMILES string of the molecule is COc1ccc(-c2nnc3n2c2nnc(-c4ccc(OC)c(OC)c4)n2c2nnc(-c4ccc(OC)c(OC)c4)n32)cc1OC. The van der Waals surface area contributed by atoms with Crippen molar-refractivity contribution in [2.24, 2.45) is 0 Å². The highest BCUT2D eigenvalue weighted by Gasteiger charge is 2.26. The highest BCUT2D eigenvalue weighted by Crippen LogP contribution is 2.36. The molecule has 0 aliphatic heterocycles. The average molecular weight is 610 g/mol. The maximum Gasteiger partial charge on any atom is 0.247 e. The summed E-state index contributed by atoms with van der Waals surface area (Å²) < 4.78 is 38.4. The van der Waals surface area contributed by atoms with Crippen LogP contribution in [0.2, 0.25) is 0 Å². The third kappa shape index (κ3) is 4.19. The topological polar surface area (TPSA) is 146 Å². The molecule has 0 fully saturated rings. The van der Waals surface area contributed by atoms with Crippen LogP contribution in [0.1, 0.15) is 0 Å².